The number of rotatable bonds is 8. The summed E-state index contributed by atoms with van der Waals surface area (Å²) in [7, 11) is 0. The number of ether oxygens (including phenoxy) is 2. The molecule has 0 aliphatic heterocycles. The van der Waals surface area contributed by atoms with Crippen LogP contribution in [0.25, 0.3) is 11.1 Å². The molecule has 4 heteroatoms. The molecule has 0 aliphatic carbocycles. The third-order valence-corrected chi connectivity index (χ3v) is 2.92. The van der Waals surface area contributed by atoms with Crippen molar-refractivity contribution in [3.8, 4) is 16.9 Å². The average molecular weight is 284 g/mol. The molecule has 0 aliphatic rings. The fraction of sp³-hybridized carbons (Fsp3) is 0.176. The van der Waals surface area contributed by atoms with Crippen LogP contribution in [0.1, 0.15) is 10.4 Å². The van der Waals surface area contributed by atoms with Crippen molar-refractivity contribution in [1.29, 1.82) is 0 Å². The molecule has 21 heavy (non-hydrogen) atoms. The number of aldehydes is 2. The molecule has 0 radical (unpaired) electrons. The van der Waals surface area contributed by atoms with Gasteiger partial charge in [-0.1, -0.05) is 36.4 Å². The van der Waals surface area contributed by atoms with Crippen molar-refractivity contribution in [1.82, 2.24) is 0 Å². The van der Waals surface area contributed by atoms with E-state index in [1.807, 2.05) is 36.4 Å². The highest BCUT2D eigenvalue weighted by Crippen LogP contribution is 2.22. The van der Waals surface area contributed by atoms with E-state index in [1.165, 1.54) is 0 Å². The van der Waals surface area contributed by atoms with Crippen LogP contribution >= 0.6 is 0 Å². The van der Waals surface area contributed by atoms with E-state index in [1.54, 1.807) is 12.1 Å². The summed E-state index contributed by atoms with van der Waals surface area (Å²) in [5.74, 6) is 0.748. The molecule has 2 aromatic carbocycles. The zero-order valence-corrected chi connectivity index (χ0v) is 11.5. The van der Waals surface area contributed by atoms with Crippen LogP contribution in [-0.4, -0.2) is 32.4 Å². The van der Waals surface area contributed by atoms with Gasteiger partial charge in [-0.05, 0) is 23.3 Å². The Morgan fingerprint density at radius 2 is 1.43 bits per heavy atom. The Morgan fingerprint density at radius 1 is 0.810 bits per heavy atom. The number of carbonyl (C=O) groups excluding carboxylic acids is 2. The van der Waals surface area contributed by atoms with E-state index in [-0.39, 0.29) is 6.61 Å². The Kier molecular flexibility index (Phi) is 5.67. The van der Waals surface area contributed by atoms with Crippen LogP contribution in [0, 0.1) is 0 Å². The van der Waals surface area contributed by atoms with Gasteiger partial charge in [-0.25, -0.2) is 0 Å². The van der Waals surface area contributed by atoms with Crippen LogP contribution in [0.2, 0.25) is 0 Å². The van der Waals surface area contributed by atoms with Crippen molar-refractivity contribution in [3.05, 3.63) is 54.1 Å². The molecule has 0 aromatic heterocycles. The van der Waals surface area contributed by atoms with Gasteiger partial charge < -0.3 is 14.3 Å². The van der Waals surface area contributed by atoms with Gasteiger partial charge in [0, 0.05) is 5.56 Å². The molecule has 2 rings (SSSR count). The van der Waals surface area contributed by atoms with Crippen LogP contribution < -0.4 is 4.74 Å². The topological polar surface area (TPSA) is 52.6 Å². The highest BCUT2D eigenvalue weighted by molar-refractivity contribution is 5.76. The number of carbonyl (C=O) groups is 2. The summed E-state index contributed by atoms with van der Waals surface area (Å²) < 4.78 is 10.5. The fourth-order valence-corrected chi connectivity index (χ4v) is 1.85. The number of hydrogen-bond donors (Lipinski definition) is 0. The Balaban J connectivity index is 1.91. The second kappa shape index (κ2) is 7.97. The summed E-state index contributed by atoms with van der Waals surface area (Å²) in [6, 6.07) is 15.1. The van der Waals surface area contributed by atoms with Gasteiger partial charge >= 0.3 is 0 Å². The van der Waals surface area contributed by atoms with E-state index >= 15 is 0 Å². The SMILES string of the molecule is O=CCOCCOc1ccc(-c2ccc(C=O)cc2)cc1. The third kappa shape index (κ3) is 4.54. The number of hydrogen-bond acceptors (Lipinski definition) is 4. The molecule has 4 nitrogen and oxygen atoms in total. The molecule has 0 bridgehead atoms. The van der Waals surface area contributed by atoms with Crippen LogP contribution in [-0.2, 0) is 9.53 Å². The van der Waals surface area contributed by atoms with E-state index in [9.17, 15) is 9.59 Å². The molecule has 0 saturated carbocycles. The van der Waals surface area contributed by atoms with Gasteiger partial charge in [0.05, 0.1) is 6.61 Å². The number of benzene rings is 2. The molecular weight excluding hydrogens is 268 g/mol. The maximum Gasteiger partial charge on any atom is 0.150 e. The Hall–Kier alpha value is -2.46. The van der Waals surface area contributed by atoms with Crippen LogP contribution in [0.4, 0.5) is 0 Å². The zero-order chi connectivity index (χ0) is 14.9. The highest BCUT2D eigenvalue weighted by Gasteiger charge is 1.99. The van der Waals surface area contributed by atoms with Gasteiger partial charge in [0.1, 0.15) is 31.5 Å². The third-order valence-electron chi connectivity index (χ3n) is 2.92. The monoisotopic (exact) mass is 284 g/mol. The van der Waals surface area contributed by atoms with E-state index in [0.717, 1.165) is 23.2 Å². The minimum absolute atomic E-state index is 0.0963. The van der Waals surface area contributed by atoms with Crippen molar-refractivity contribution in [3.63, 3.8) is 0 Å². The van der Waals surface area contributed by atoms with E-state index in [4.69, 9.17) is 9.47 Å². The molecule has 0 fully saturated rings. The minimum atomic E-state index is 0.0963. The summed E-state index contributed by atoms with van der Waals surface area (Å²) in [5.41, 5.74) is 2.76. The normalized spacial score (nSPS) is 10.1. The van der Waals surface area contributed by atoms with E-state index in [0.29, 0.717) is 25.1 Å². The molecule has 0 heterocycles. The van der Waals surface area contributed by atoms with Crippen molar-refractivity contribution in [2.24, 2.45) is 0 Å². The van der Waals surface area contributed by atoms with Crippen LogP contribution in [0.3, 0.4) is 0 Å². The summed E-state index contributed by atoms with van der Waals surface area (Å²) in [6.07, 6.45) is 1.54. The minimum Gasteiger partial charge on any atom is -0.491 e. The first-order valence-corrected chi connectivity index (χ1v) is 6.63. The van der Waals surface area contributed by atoms with Gasteiger partial charge in [-0.3, -0.25) is 4.79 Å². The van der Waals surface area contributed by atoms with Crippen molar-refractivity contribution < 1.29 is 19.1 Å². The first-order chi connectivity index (χ1) is 10.3. The molecule has 108 valence electrons. The van der Waals surface area contributed by atoms with Crippen molar-refractivity contribution in [2.75, 3.05) is 19.8 Å². The van der Waals surface area contributed by atoms with Crippen molar-refractivity contribution in [2.45, 2.75) is 0 Å². The van der Waals surface area contributed by atoms with Gasteiger partial charge in [0.25, 0.3) is 0 Å². The molecule has 0 amide bonds. The Labute approximate surface area is 123 Å². The molecule has 0 atom stereocenters. The highest BCUT2D eigenvalue weighted by atomic mass is 16.5. The van der Waals surface area contributed by atoms with Gasteiger partial charge in [0.2, 0.25) is 0 Å². The Morgan fingerprint density at radius 3 is 2.00 bits per heavy atom. The van der Waals surface area contributed by atoms with Gasteiger partial charge in [-0.15, -0.1) is 0 Å². The lowest BCUT2D eigenvalue weighted by Gasteiger charge is -2.07. The quantitative estimate of drug-likeness (QED) is 0.552. The summed E-state index contributed by atoms with van der Waals surface area (Å²) in [4.78, 5) is 20.7. The predicted octanol–water partition coefficient (Wildman–Crippen LogP) is 2.76. The summed E-state index contributed by atoms with van der Waals surface area (Å²) in [6.45, 7) is 0.883. The second-order valence-corrected chi connectivity index (χ2v) is 4.35. The standard InChI is InChI=1S/C17H16O4/c18-9-10-20-11-12-21-17-7-5-16(6-8-17)15-3-1-14(13-19)2-4-15/h1-9,13H,10-12H2. The fourth-order valence-electron chi connectivity index (χ4n) is 1.85. The van der Waals surface area contributed by atoms with Crippen LogP contribution in [0.15, 0.2) is 48.5 Å². The van der Waals surface area contributed by atoms with Gasteiger partial charge in [0.15, 0.2) is 0 Å². The molecule has 0 unspecified atom stereocenters. The van der Waals surface area contributed by atoms with E-state index < -0.39 is 0 Å². The first kappa shape index (κ1) is 14.9. The lowest BCUT2D eigenvalue weighted by Crippen LogP contribution is -2.07. The molecular formula is C17H16O4. The smallest absolute Gasteiger partial charge is 0.150 e. The summed E-state index contributed by atoms with van der Waals surface area (Å²) >= 11 is 0. The summed E-state index contributed by atoms with van der Waals surface area (Å²) in [5, 5.41) is 0. The largest absolute Gasteiger partial charge is 0.491 e. The maximum atomic E-state index is 10.6. The first-order valence-electron chi connectivity index (χ1n) is 6.63. The Bertz CT molecular complexity index is 573. The van der Waals surface area contributed by atoms with Crippen molar-refractivity contribution >= 4 is 12.6 Å². The lowest BCUT2D eigenvalue weighted by molar-refractivity contribution is -0.112. The maximum absolute atomic E-state index is 10.6. The average Bonchev–Trinajstić information content (AvgIpc) is 2.55. The molecule has 2 aromatic rings. The predicted molar refractivity (Wildman–Crippen MR) is 79.6 cm³/mol. The van der Waals surface area contributed by atoms with Crippen LogP contribution in [0.5, 0.6) is 5.75 Å². The molecule has 0 N–H and O–H groups in total. The zero-order valence-electron chi connectivity index (χ0n) is 11.5. The van der Waals surface area contributed by atoms with Gasteiger partial charge in [-0.2, -0.15) is 0 Å². The molecule has 0 spiro atoms. The lowest BCUT2D eigenvalue weighted by atomic mass is 10.0. The second-order valence-electron chi connectivity index (χ2n) is 4.35. The van der Waals surface area contributed by atoms with E-state index in [2.05, 4.69) is 0 Å². The molecule has 0 saturated heterocycles.